The molecule has 2 N–H and O–H groups in total. The summed E-state index contributed by atoms with van der Waals surface area (Å²) in [6.07, 6.45) is 0.829. The number of benzene rings is 1. The van der Waals surface area contributed by atoms with Crippen molar-refractivity contribution in [1.29, 1.82) is 0 Å². The first-order valence-electron chi connectivity index (χ1n) is 5.83. The van der Waals surface area contributed by atoms with E-state index in [4.69, 9.17) is 22.7 Å². The van der Waals surface area contributed by atoms with Crippen molar-refractivity contribution in [2.24, 2.45) is 11.1 Å². The van der Waals surface area contributed by atoms with Gasteiger partial charge in [-0.25, -0.2) is 0 Å². The molecule has 0 radical (unpaired) electrons. The molecule has 0 atom stereocenters. The third-order valence-corrected chi connectivity index (χ3v) is 3.53. The van der Waals surface area contributed by atoms with Gasteiger partial charge in [0.1, 0.15) is 5.75 Å². The Morgan fingerprint density at radius 2 is 2.00 bits per heavy atom. The standard InChI is InChI=1S/C14H21NOS/c1-10-5-6-12(11(2)9-10)16-8-7-14(3,4)13(15)17/h5-6,9H,7-8H2,1-4H3,(H2,15,17). The highest BCUT2D eigenvalue weighted by Gasteiger charge is 2.21. The van der Waals surface area contributed by atoms with Crippen LogP contribution < -0.4 is 10.5 Å². The minimum absolute atomic E-state index is 0.145. The van der Waals surface area contributed by atoms with E-state index in [1.165, 1.54) is 5.56 Å². The van der Waals surface area contributed by atoms with Crippen LogP contribution >= 0.6 is 12.2 Å². The second-order valence-electron chi connectivity index (χ2n) is 5.12. The summed E-state index contributed by atoms with van der Waals surface area (Å²) in [5, 5.41) is 0. The summed E-state index contributed by atoms with van der Waals surface area (Å²) in [7, 11) is 0. The zero-order valence-corrected chi connectivity index (χ0v) is 11.9. The summed E-state index contributed by atoms with van der Waals surface area (Å²) in [5.41, 5.74) is 7.94. The molecule has 1 rings (SSSR count). The molecule has 0 saturated carbocycles. The molecule has 0 heterocycles. The van der Waals surface area contributed by atoms with E-state index in [1.54, 1.807) is 0 Å². The second kappa shape index (κ2) is 5.50. The molecule has 3 heteroatoms. The summed E-state index contributed by atoms with van der Waals surface area (Å²) in [5.74, 6) is 0.939. The third-order valence-electron chi connectivity index (χ3n) is 2.98. The number of rotatable bonds is 5. The van der Waals surface area contributed by atoms with Crippen LogP contribution in [0.3, 0.4) is 0 Å². The Hall–Kier alpha value is -1.09. The van der Waals surface area contributed by atoms with E-state index in [0.29, 0.717) is 11.6 Å². The first-order chi connectivity index (χ1) is 7.83. The van der Waals surface area contributed by atoms with E-state index in [-0.39, 0.29) is 5.41 Å². The van der Waals surface area contributed by atoms with Crippen LogP contribution in [0.2, 0.25) is 0 Å². The van der Waals surface area contributed by atoms with Gasteiger partial charge in [-0.3, -0.25) is 0 Å². The van der Waals surface area contributed by atoms with Crippen LogP contribution in [0.4, 0.5) is 0 Å². The lowest BCUT2D eigenvalue weighted by Crippen LogP contribution is -2.31. The van der Waals surface area contributed by atoms with Crippen molar-refractivity contribution in [3.63, 3.8) is 0 Å². The van der Waals surface area contributed by atoms with Crippen LogP contribution in [0.15, 0.2) is 18.2 Å². The zero-order valence-electron chi connectivity index (χ0n) is 11.0. The lowest BCUT2D eigenvalue weighted by Gasteiger charge is -2.23. The summed E-state index contributed by atoms with van der Waals surface area (Å²) < 4.78 is 5.76. The minimum atomic E-state index is -0.145. The molecule has 0 fully saturated rings. The van der Waals surface area contributed by atoms with Gasteiger partial charge >= 0.3 is 0 Å². The van der Waals surface area contributed by atoms with Crippen molar-refractivity contribution >= 4 is 17.2 Å². The number of nitrogens with two attached hydrogens (primary N) is 1. The Balaban J connectivity index is 2.54. The summed E-state index contributed by atoms with van der Waals surface area (Å²) in [6, 6.07) is 6.19. The maximum absolute atomic E-state index is 5.76. The molecule has 0 aliphatic heterocycles. The summed E-state index contributed by atoms with van der Waals surface area (Å²) in [4.78, 5) is 0.543. The van der Waals surface area contributed by atoms with Crippen LogP contribution in [0.1, 0.15) is 31.4 Å². The minimum Gasteiger partial charge on any atom is -0.493 e. The molecule has 2 nitrogen and oxygen atoms in total. The number of hydrogen-bond acceptors (Lipinski definition) is 2. The monoisotopic (exact) mass is 251 g/mol. The predicted octanol–water partition coefficient (Wildman–Crippen LogP) is 3.38. The van der Waals surface area contributed by atoms with Crippen LogP contribution in [0.25, 0.3) is 0 Å². The first-order valence-corrected chi connectivity index (χ1v) is 6.24. The van der Waals surface area contributed by atoms with Gasteiger partial charge in [0.2, 0.25) is 0 Å². The Bertz CT molecular complexity index is 413. The number of thiocarbonyl (C=S) groups is 1. The molecule has 0 amide bonds. The Morgan fingerprint density at radius 3 is 2.53 bits per heavy atom. The van der Waals surface area contributed by atoms with Gasteiger partial charge in [0.15, 0.2) is 0 Å². The molecule has 0 aliphatic rings. The maximum Gasteiger partial charge on any atom is 0.122 e. The van der Waals surface area contributed by atoms with E-state index in [2.05, 4.69) is 26.0 Å². The topological polar surface area (TPSA) is 35.2 Å². The molecule has 94 valence electrons. The fourth-order valence-electron chi connectivity index (χ4n) is 1.50. The van der Waals surface area contributed by atoms with Crippen LogP contribution in [0.5, 0.6) is 5.75 Å². The van der Waals surface area contributed by atoms with Crippen molar-refractivity contribution in [2.45, 2.75) is 34.1 Å². The van der Waals surface area contributed by atoms with Crippen LogP contribution in [-0.2, 0) is 0 Å². The fourth-order valence-corrected chi connectivity index (χ4v) is 1.60. The van der Waals surface area contributed by atoms with Gasteiger partial charge in [-0.2, -0.15) is 0 Å². The van der Waals surface area contributed by atoms with E-state index in [1.807, 2.05) is 19.9 Å². The fraction of sp³-hybridized carbons (Fsp3) is 0.500. The van der Waals surface area contributed by atoms with Crippen molar-refractivity contribution in [2.75, 3.05) is 6.61 Å². The average Bonchev–Trinajstić information content (AvgIpc) is 2.21. The highest BCUT2D eigenvalue weighted by Crippen LogP contribution is 2.23. The number of hydrogen-bond donors (Lipinski definition) is 1. The highest BCUT2D eigenvalue weighted by atomic mass is 32.1. The average molecular weight is 251 g/mol. The Kier molecular flexibility index (Phi) is 4.52. The molecule has 0 unspecified atom stereocenters. The van der Waals surface area contributed by atoms with Crippen molar-refractivity contribution < 1.29 is 4.74 Å². The van der Waals surface area contributed by atoms with E-state index < -0.39 is 0 Å². The maximum atomic E-state index is 5.76. The number of aryl methyl sites for hydroxylation is 2. The largest absolute Gasteiger partial charge is 0.493 e. The SMILES string of the molecule is Cc1ccc(OCCC(C)(C)C(N)=S)c(C)c1. The molecule has 0 saturated heterocycles. The predicted molar refractivity (Wildman–Crippen MR) is 76.6 cm³/mol. The van der Waals surface area contributed by atoms with Gasteiger partial charge in [-0.15, -0.1) is 0 Å². The second-order valence-corrected chi connectivity index (χ2v) is 5.56. The summed E-state index contributed by atoms with van der Waals surface area (Å²) >= 11 is 5.03. The smallest absolute Gasteiger partial charge is 0.122 e. The lowest BCUT2D eigenvalue weighted by molar-refractivity contribution is 0.269. The van der Waals surface area contributed by atoms with Crippen molar-refractivity contribution in [3.05, 3.63) is 29.3 Å². The quantitative estimate of drug-likeness (QED) is 0.815. The van der Waals surface area contributed by atoms with E-state index >= 15 is 0 Å². The van der Waals surface area contributed by atoms with Gasteiger partial charge in [-0.05, 0) is 31.9 Å². The molecular weight excluding hydrogens is 230 g/mol. The summed E-state index contributed by atoms with van der Waals surface area (Å²) in [6.45, 7) is 8.85. The van der Waals surface area contributed by atoms with Crippen molar-refractivity contribution in [3.8, 4) is 5.75 Å². The Morgan fingerprint density at radius 1 is 1.35 bits per heavy atom. The molecule has 0 aliphatic carbocycles. The normalized spacial score (nSPS) is 11.3. The first kappa shape index (κ1) is 14.0. The van der Waals surface area contributed by atoms with Crippen molar-refractivity contribution in [1.82, 2.24) is 0 Å². The van der Waals surface area contributed by atoms with Crippen LogP contribution in [-0.4, -0.2) is 11.6 Å². The molecule has 1 aromatic carbocycles. The zero-order chi connectivity index (χ0) is 13.1. The highest BCUT2D eigenvalue weighted by molar-refractivity contribution is 7.80. The van der Waals surface area contributed by atoms with Gasteiger partial charge in [0.05, 0.1) is 11.6 Å². The molecular formula is C14H21NOS. The molecule has 0 spiro atoms. The third kappa shape index (κ3) is 4.00. The lowest BCUT2D eigenvalue weighted by atomic mass is 9.90. The van der Waals surface area contributed by atoms with E-state index in [9.17, 15) is 0 Å². The molecule has 0 aromatic heterocycles. The molecule has 1 aromatic rings. The number of ether oxygens (including phenoxy) is 1. The van der Waals surface area contributed by atoms with Crippen LogP contribution in [0, 0.1) is 19.3 Å². The van der Waals surface area contributed by atoms with Gasteiger partial charge < -0.3 is 10.5 Å². The molecule has 17 heavy (non-hydrogen) atoms. The Labute approximate surface area is 109 Å². The van der Waals surface area contributed by atoms with Gasteiger partial charge in [0.25, 0.3) is 0 Å². The van der Waals surface area contributed by atoms with Gasteiger partial charge in [0, 0.05) is 5.41 Å². The molecule has 0 bridgehead atoms. The van der Waals surface area contributed by atoms with E-state index in [0.717, 1.165) is 17.7 Å². The van der Waals surface area contributed by atoms with Gasteiger partial charge in [-0.1, -0.05) is 43.8 Å².